The molecule has 0 amide bonds. The highest BCUT2D eigenvalue weighted by Gasteiger charge is 2.28. The minimum atomic E-state index is -0.495. The molecule has 0 bridgehead atoms. The summed E-state index contributed by atoms with van der Waals surface area (Å²) in [5, 5.41) is 12.7. The van der Waals surface area contributed by atoms with E-state index in [0.29, 0.717) is 22.5 Å². The van der Waals surface area contributed by atoms with Crippen LogP contribution in [0.2, 0.25) is 0 Å². The third-order valence-electron chi connectivity index (χ3n) is 4.14. The number of aromatic nitrogens is 3. The second-order valence-corrected chi connectivity index (χ2v) is 8.21. The van der Waals surface area contributed by atoms with Crippen molar-refractivity contribution in [2.45, 2.75) is 38.1 Å². The van der Waals surface area contributed by atoms with Gasteiger partial charge in [-0.05, 0) is 43.7 Å². The number of hydrogen-bond acceptors (Lipinski definition) is 7. The van der Waals surface area contributed by atoms with E-state index in [2.05, 4.69) is 43.4 Å². The standard InChI is InChI=1S/C19H19BrN4O2S/c1-3-4-9-27-19-22-18-16(23-24-19)13-10-12(20)6-7-14(13)21-17(26-18)15-8-5-11(2)25-15/h5-8,10,17,21H,3-4,9H2,1-2H3/t17-/m1/s1. The zero-order valence-corrected chi connectivity index (χ0v) is 17.4. The molecular formula is C19H19BrN4O2S. The highest BCUT2D eigenvalue weighted by Crippen LogP contribution is 2.41. The van der Waals surface area contributed by atoms with Crippen LogP contribution in [0.3, 0.4) is 0 Å². The van der Waals surface area contributed by atoms with Gasteiger partial charge in [0.15, 0.2) is 11.5 Å². The van der Waals surface area contributed by atoms with E-state index in [1.807, 2.05) is 37.3 Å². The van der Waals surface area contributed by atoms with Crippen molar-refractivity contribution in [1.82, 2.24) is 15.2 Å². The topological polar surface area (TPSA) is 73.1 Å². The van der Waals surface area contributed by atoms with E-state index in [9.17, 15) is 0 Å². The largest absolute Gasteiger partial charge is 0.460 e. The molecule has 8 heteroatoms. The smallest absolute Gasteiger partial charge is 0.247 e. The Hall–Kier alpha value is -2.06. The lowest BCUT2D eigenvalue weighted by molar-refractivity contribution is 0.194. The Morgan fingerprint density at radius 3 is 2.89 bits per heavy atom. The number of rotatable bonds is 5. The van der Waals surface area contributed by atoms with Crippen molar-refractivity contribution in [2.24, 2.45) is 0 Å². The number of unbranched alkanes of at least 4 members (excludes halogenated alkanes) is 1. The molecule has 0 saturated heterocycles. The van der Waals surface area contributed by atoms with Crippen LogP contribution in [0.15, 0.2) is 44.4 Å². The molecule has 0 fully saturated rings. The summed E-state index contributed by atoms with van der Waals surface area (Å²) < 4.78 is 12.9. The first-order valence-electron chi connectivity index (χ1n) is 8.81. The fourth-order valence-electron chi connectivity index (χ4n) is 2.76. The van der Waals surface area contributed by atoms with Crippen LogP contribution in [-0.4, -0.2) is 20.9 Å². The highest BCUT2D eigenvalue weighted by atomic mass is 79.9. The lowest BCUT2D eigenvalue weighted by Crippen LogP contribution is -2.16. The first-order valence-corrected chi connectivity index (χ1v) is 10.6. The minimum Gasteiger partial charge on any atom is -0.460 e. The number of ether oxygens (including phenoxy) is 1. The number of thioether (sulfide) groups is 1. The number of aryl methyl sites for hydroxylation is 1. The number of furan rings is 1. The molecule has 0 spiro atoms. The number of nitrogens with zero attached hydrogens (tertiary/aromatic N) is 3. The molecule has 0 radical (unpaired) electrons. The van der Waals surface area contributed by atoms with E-state index in [4.69, 9.17) is 9.15 Å². The normalized spacial score (nSPS) is 15.3. The van der Waals surface area contributed by atoms with Crippen LogP contribution in [0.4, 0.5) is 5.69 Å². The zero-order valence-electron chi connectivity index (χ0n) is 15.0. The summed E-state index contributed by atoms with van der Waals surface area (Å²) in [6.07, 6.45) is 1.75. The SMILES string of the molecule is CCCCSc1nnc2c(n1)O[C@H](c1ccc(C)o1)Nc1ccc(Br)cc1-2. The van der Waals surface area contributed by atoms with Gasteiger partial charge in [-0.15, -0.1) is 10.2 Å². The second-order valence-electron chi connectivity index (χ2n) is 6.23. The number of hydrogen-bond donors (Lipinski definition) is 1. The first-order chi connectivity index (χ1) is 13.1. The lowest BCUT2D eigenvalue weighted by Gasteiger charge is -2.16. The summed E-state index contributed by atoms with van der Waals surface area (Å²) in [5.41, 5.74) is 2.39. The molecule has 140 valence electrons. The maximum absolute atomic E-state index is 6.18. The van der Waals surface area contributed by atoms with Crippen molar-refractivity contribution >= 4 is 33.4 Å². The van der Waals surface area contributed by atoms with Gasteiger partial charge in [-0.25, -0.2) is 0 Å². The molecule has 0 aliphatic carbocycles. The second kappa shape index (κ2) is 7.90. The molecule has 0 unspecified atom stereocenters. The van der Waals surface area contributed by atoms with Gasteiger partial charge in [-0.3, -0.25) is 0 Å². The van der Waals surface area contributed by atoms with Crippen molar-refractivity contribution < 1.29 is 9.15 Å². The van der Waals surface area contributed by atoms with Crippen molar-refractivity contribution in [3.8, 4) is 17.1 Å². The minimum absolute atomic E-state index is 0.451. The summed E-state index contributed by atoms with van der Waals surface area (Å²) in [4.78, 5) is 4.63. The molecule has 6 nitrogen and oxygen atoms in total. The average Bonchev–Trinajstić information content (AvgIpc) is 3.02. The molecule has 4 rings (SSSR count). The molecule has 1 N–H and O–H groups in total. The van der Waals surface area contributed by atoms with Crippen LogP contribution in [0.5, 0.6) is 5.88 Å². The predicted molar refractivity (Wildman–Crippen MR) is 109 cm³/mol. The van der Waals surface area contributed by atoms with Gasteiger partial charge in [-0.1, -0.05) is 41.0 Å². The highest BCUT2D eigenvalue weighted by molar-refractivity contribution is 9.10. The Balaban J connectivity index is 1.76. The quantitative estimate of drug-likeness (QED) is 0.403. The summed E-state index contributed by atoms with van der Waals surface area (Å²) in [5.74, 6) is 2.92. The molecule has 27 heavy (non-hydrogen) atoms. The first kappa shape index (κ1) is 18.3. The van der Waals surface area contributed by atoms with Gasteiger partial charge in [0.05, 0.1) is 0 Å². The van der Waals surface area contributed by atoms with Gasteiger partial charge in [0.25, 0.3) is 0 Å². The van der Waals surface area contributed by atoms with E-state index >= 15 is 0 Å². The fourth-order valence-corrected chi connectivity index (χ4v) is 3.98. The zero-order chi connectivity index (χ0) is 18.8. The Morgan fingerprint density at radius 2 is 2.11 bits per heavy atom. The number of benzene rings is 1. The summed E-state index contributed by atoms with van der Waals surface area (Å²) >= 11 is 5.12. The molecule has 3 heterocycles. The van der Waals surface area contributed by atoms with Crippen LogP contribution in [-0.2, 0) is 0 Å². The number of halogens is 1. The Labute approximate surface area is 170 Å². The number of fused-ring (bicyclic) bond motifs is 3. The summed E-state index contributed by atoms with van der Waals surface area (Å²) in [6, 6.07) is 9.75. The molecule has 1 aromatic carbocycles. The van der Waals surface area contributed by atoms with Crippen LogP contribution in [0.1, 0.15) is 37.5 Å². The Kier molecular flexibility index (Phi) is 5.36. The van der Waals surface area contributed by atoms with Gasteiger partial charge < -0.3 is 14.5 Å². The Morgan fingerprint density at radius 1 is 1.22 bits per heavy atom. The van der Waals surface area contributed by atoms with Gasteiger partial charge in [-0.2, -0.15) is 4.98 Å². The third kappa shape index (κ3) is 3.96. The van der Waals surface area contributed by atoms with Crippen molar-refractivity contribution in [3.05, 3.63) is 46.3 Å². The molecule has 1 aliphatic heterocycles. The molecule has 1 aliphatic rings. The monoisotopic (exact) mass is 446 g/mol. The Bertz CT molecular complexity index is 963. The number of nitrogens with one attached hydrogen (secondary N) is 1. The molecule has 0 saturated carbocycles. The van der Waals surface area contributed by atoms with Crippen LogP contribution < -0.4 is 10.1 Å². The van der Waals surface area contributed by atoms with Crippen molar-refractivity contribution in [3.63, 3.8) is 0 Å². The fraction of sp³-hybridized carbons (Fsp3) is 0.316. The molecule has 2 aromatic heterocycles. The van der Waals surface area contributed by atoms with Crippen LogP contribution in [0, 0.1) is 6.92 Å². The van der Waals surface area contributed by atoms with E-state index < -0.39 is 6.23 Å². The summed E-state index contributed by atoms with van der Waals surface area (Å²) in [6.45, 7) is 4.07. The lowest BCUT2D eigenvalue weighted by atomic mass is 10.1. The molecule has 3 aromatic rings. The van der Waals surface area contributed by atoms with E-state index in [-0.39, 0.29) is 0 Å². The van der Waals surface area contributed by atoms with Crippen LogP contribution >= 0.6 is 27.7 Å². The molecular weight excluding hydrogens is 428 g/mol. The predicted octanol–water partition coefficient (Wildman–Crippen LogP) is 5.60. The van der Waals surface area contributed by atoms with Gasteiger partial charge in [0.1, 0.15) is 5.76 Å². The van der Waals surface area contributed by atoms with E-state index in [1.54, 1.807) is 11.8 Å². The maximum atomic E-state index is 6.18. The average molecular weight is 447 g/mol. The van der Waals surface area contributed by atoms with Gasteiger partial charge >= 0.3 is 0 Å². The maximum Gasteiger partial charge on any atom is 0.247 e. The van der Waals surface area contributed by atoms with Crippen molar-refractivity contribution in [1.29, 1.82) is 0 Å². The third-order valence-corrected chi connectivity index (χ3v) is 5.55. The van der Waals surface area contributed by atoms with Gasteiger partial charge in [0, 0.05) is 21.5 Å². The summed E-state index contributed by atoms with van der Waals surface area (Å²) in [7, 11) is 0. The van der Waals surface area contributed by atoms with Gasteiger partial charge in [0.2, 0.25) is 17.3 Å². The van der Waals surface area contributed by atoms with Crippen molar-refractivity contribution in [2.75, 3.05) is 11.1 Å². The van der Waals surface area contributed by atoms with E-state index in [0.717, 1.165) is 40.1 Å². The molecule has 1 atom stereocenters. The number of anilines is 1. The van der Waals surface area contributed by atoms with E-state index in [1.165, 1.54) is 0 Å². The van der Waals surface area contributed by atoms with Crippen LogP contribution in [0.25, 0.3) is 11.3 Å².